The molecule has 468 valence electrons. The summed E-state index contributed by atoms with van der Waals surface area (Å²) < 4.78 is 10.9. The molecule has 0 radical (unpaired) electrons. The standard InChI is InChI=1S/C38H76O2.C36H72O2/c1-3-5-7-9-11-13-15-17-18-19-20-21-22-23-25-27-29-31-33-35-37-40-38(39)36-34-32-30-28-26-24-16-14-12-10-8-6-4-2;1-4-5-6-7-8-9-10-11-12-13-16-19-22-25-28-31-34-38-36(37)33-30-27-24-21-18-15-14-17-20-23-26-29-32-35(2)3/h3-37H2,1-2H3;35H,4-34H2,1-3H3. The fourth-order valence-corrected chi connectivity index (χ4v) is 11.4. The van der Waals surface area contributed by atoms with Crippen molar-refractivity contribution in [3.8, 4) is 0 Å². The quantitative estimate of drug-likeness (QED) is 0.0450. The Morgan fingerprint density at radius 1 is 0.218 bits per heavy atom. The maximum absolute atomic E-state index is 11.9. The number of carbonyl (C=O) groups is 2. The van der Waals surface area contributed by atoms with Gasteiger partial charge in [-0.1, -0.05) is 407 Å². The first-order chi connectivity index (χ1) is 38.5. The SMILES string of the molecule is CCCCCCCCCCCCCCCCCCCCCCOC(=O)CCCCCCCCCCCCCCC.CCCCCCCCCCCCCCCCCCOC(=O)CCCCCCCCCCCCCCC(C)C. The van der Waals surface area contributed by atoms with Gasteiger partial charge in [0, 0.05) is 12.8 Å². The van der Waals surface area contributed by atoms with Crippen molar-refractivity contribution in [3.05, 3.63) is 0 Å². The molecule has 0 rings (SSSR count). The fourth-order valence-electron chi connectivity index (χ4n) is 11.4. The van der Waals surface area contributed by atoms with Gasteiger partial charge in [0.05, 0.1) is 13.2 Å². The molecule has 0 bridgehead atoms. The molecule has 0 amide bonds. The van der Waals surface area contributed by atoms with E-state index in [1.54, 1.807) is 0 Å². The van der Waals surface area contributed by atoms with Gasteiger partial charge in [0.15, 0.2) is 0 Å². The van der Waals surface area contributed by atoms with Crippen molar-refractivity contribution >= 4 is 11.9 Å². The Bertz CT molecular complexity index is 1070. The molecule has 0 aromatic rings. The summed E-state index contributed by atoms with van der Waals surface area (Å²) in [4.78, 5) is 23.8. The normalized spacial score (nSPS) is 11.4. The van der Waals surface area contributed by atoms with Crippen molar-refractivity contribution < 1.29 is 19.1 Å². The van der Waals surface area contributed by atoms with Gasteiger partial charge in [0.1, 0.15) is 0 Å². The summed E-state index contributed by atoms with van der Waals surface area (Å²) in [6, 6.07) is 0. The van der Waals surface area contributed by atoms with Crippen molar-refractivity contribution in [2.45, 2.75) is 446 Å². The molecule has 0 saturated heterocycles. The van der Waals surface area contributed by atoms with Gasteiger partial charge in [-0.2, -0.15) is 0 Å². The molecular weight excluding hydrogens is 953 g/mol. The maximum Gasteiger partial charge on any atom is 0.305 e. The van der Waals surface area contributed by atoms with Crippen LogP contribution in [0.3, 0.4) is 0 Å². The third kappa shape index (κ3) is 77.0. The van der Waals surface area contributed by atoms with Crippen LogP contribution in [-0.2, 0) is 19.1 Å². The first kappa shape index (κ1) is 79.0. The summed E-state index contributed by atoms with van der Waals surface area (Å²) >= 11 is 0. The van der Waals surface area contributed by atoms with Gasteiger partial charge in [0.2, 0.25) is 0 Å². The van der Waals surface area contributed by atoms with E-state index in [-0.39, 0.29) is 11.9 Å². The molecule has 0 atom stereocenters. The minimum atomic E-state index is 0.0272. The Morgan fingerprint density at radius 3 is 0.551 bits per heavy atom. The molecule has 0 N–H and O–H groups in total. The van der Waals surface area contributed by atoms with Crippen LogP contribution in [0.5, 0.6) is 0 Å². The molecular formula is C74H148O4. The van der Waals surface area contributed by atoms with E-state index in [1.165, 1.54) is 372 Å². The highest BCUT2D eigenvalue weighted by molar-refractivity contribution is 5.69. The predicted octanol–water partition coefficient (Wildman–Crippen LogP) is 26.7. The summed E-state index contributed by atoms with van der Waals surface area (Å²) in [6.45, 7) is 12.8. The van der Waals surface area contributed by atoms with Gasteiger partial charge >= 0.3 is 11.9 Å². The highest BCUT2D eigenvalue weighted by Gasteiger charge is 2.05. The van der Waals surface area contributed by atoms with Crippen LogP contribution in [0.15, 0.2) is 0 Å². The molecule has 4 heteroatoms. The maximum atomic E-state index is 11.9. The number of hydrogen-bond donors (Lipinski definition) is 0. The molecule has 0 fully saturated rings. The summed E-state index contributed by atoms with van der Waals surface area (Å²) in [5, 5.41) is 0. The molecule has 0 heterocycles. The molecule has 0 aromatic carbocycles. The Balaban J connectivity index is 0. The molecule has 0 aliphatic carbocycles. The minimum Gasteiger partial charge on any atom is -0.466 e. The third-order valence-corrected chi connectivity index (χ3v) is 16.9. The van der Waals surface area contributed by atoms with E-state index >= 15 is 0 Å². The van der Waals surface area contributed by atoms with E-state index in [4.69, 9.17) is 9.47 Å². The average Bonchev–Trinajstić information content (AvgIpc) is 3.43. The highest BCUT2D eigenvalue weighted by Crippen LogP contribution is 2.19. The van der Waals surface area contributed by atoms with E-state index in [2.05, 4.69) is 34.6 Å². The van der Waals surface area contributed by atoms with E-state index in [1.807, 2.05) is 0 Å². The van der Waals surface area contributed by atoms with Crippen LogP contribution in [-0.4, -0.2) is 25.2 Å². The van der Waals surface area contributed by atoms with E-state index in [0.717, 1.165) is 31.6 Å². The third-order valence-electron chi connectivity index (χ3n) is 16.9. The highest BCUT2D eigenvalue weighted by atomic mass is 16.5. The van der Waals surface area contributed by atoms with Crippen molar-refractivity contribution in [1.29, 1.82) is 0 Å². The number of rotatable bonds is 67. The van der Waals surface area contributed by atoms with Crippen LogP contribution >= 0.6 is 0 Å². The lowest BCUT2D eigenvalue weighted by Crippen LogP contribution is -2.05. The molecule has 0 aromatic heterocycles. The van der Waals surface area contributed by atoms with Crippen LogP contribution in [0.2, 0.25) is 0 Å². The summed E-state index contributed by atoms with van der Waals surface area (Å²) in [5.41, 5.74) is 0. The van der Waals surface area contributed by atoms with Crippen molar-refractivity contribution in [1.82, 2.24) is 0 Å². The number of esters is 2. The number of unbranched alkanes of at least 4 members (excludes halogenated alkanes) is 57. The Morgan fingerprint density at radius 2 is 0.372 bits per heavy atom. The Hall–Kier alpha value is -1.06. The summed E-state index contributed by atoms with van der Waals surface area (Å²) in [7, 11) is 0. The molecule has 0 unspecified atom stereocenters. The number of ether oxygens (including phenoxy) is 2. The van der Waals surface area contributed by atoms with Gasteiger partial charge < -0.3 is 9.47 Å². The first-order valence-corrected chi connectivity index (χ1v) is 36.8. The molecule has 0 spiro atoms. The molecule has 0 aliphatic rings. The smallest absolute Gasteiger partial charge is 0.305 e. The van der Waals surface area contributed by atoms with Crippen LogP contribution in [0.4, 0.5) is 0 Å². The van der Waals surface area contributed by atoms with Crippen molar-refractivity contribution in [2.75, 3.05) is 13.2 Å². The fraction of sp³-hybridized carbons (Fsp3) is 0.973. The number of carbonyl (C=O) groups excluding carboxylic acids is 2. The van der Waals surface area contributed by atoms with Crippen LogP contribution in [0.25, 0.3) is 0 Å². The topological polar surface area (TPSA) is 52.6 Å². The van der Waals surface area contributed by atoms with Crippen molar-refractivity contribution in [3.63, 3.8) is 0 Å². The molecule has 4 nitrogen and oxygen atoms in total. The van der Waals surface area contributed by atoms with Gasteiger partial charge in [-0.25, -0.2) is 0 Å². The Labute approximate surface area is 493 Å². The predicted molar refractivity (Wildman–Crippen MR) is 349 cm³/mol. The summed E-state index contributed by atoms with van der Waals surface area (Å²) in [5.74, 6) is 0.925. The lowest BCUT2D eigenvalue weighted by Gasteiger charge is -2.06. The second-order valence-electron chi connectivity index (χ2n) is 25.6. The largest absolute Gasteiger partial charge is 0.466 e. The summed E-state index contributed by atoms with van der Waals surface area (Å²) in [6.07, 6.45) is 86.2. The van der Waals surface area contributed by atoms with E-state index < -0.39 is 0 Å². The zero-order chi connectivity index (χ0) is 56.8. The van der Waals surface area contributed by atoms with Gasteiger partial charge in [-0.3, -0.25) is 9.59 Å². The second kappa shape index (κ2) is 74.0. The lowest BCUT2D eigenvalue weighted by molar-refractivity contribution is -0.144. The minimum absolute atomic E-state index is 0.0272. The lowest BCUT2D eigenvalue weighted by atomic mass is 10.0. The zero-order valence-corrected chi connectivity index (χ0v) is 54.9. The van der Waals surface area contributed by atoms with Gasteiger partial charge in [-0.15, -0.1) is 0 Å². The first-order valence-electron chi connectivity index (χ1n) is 36.8. The zero-order valence-electron chi connectivity index (χ0n) is 54.9. The monoisotopic (exact) mass is 1100 g/mol. The van der Waals surface area contributed by atoms with Gasteiger partial charge in [-0.05, 0) is 31.6 Å². The van der Waals surface area contributed by atoms with E-state index in [9.17, 15) is 9.59 Å². The Kier molecular flexibility index (Phi) is 74.9. The van der Waals surface area contributed by atoms with E-state index in [0.29, 0.717) is 26.1 Å². The van der Waals surface area contributed by atoms with Gasteiger partial charge in [0.25, 0.3) is 0 Å². The number of hydrogen-bond acceptors (Lipinski definition) is 4. The molecule has 0 aliphatic heterocycles. The van der Waals surface area contributed by atoms with Crippen LogP contribution in [0, 0.1) is 5.92 Å². The van der Waals surface area contributed by atoms with Crippen LogP contribution < -0.4 is 0 Å². The average molecular weight is 1100 g/mol. The molecule has 0 saturated carbocycles. The molecule has 78 heavy (non-hydrogen) atoms. The van der Waals surface area contributed by atoms with Crippen LogP contribution in [0.1, 0.15) is 446 Å². The second-order valence-corrected chi connectivity index (χ2v) is 25.6. The van der Waals surface area contributed by atoms with Crippen molar-refractivity contribution in [2.24, 2.45) is 5.92 Å².